The van der Waals surface area contributed by atoms with E-state index in [9.17, 15) is 0 Å². The maximum Gasteiger partial charge on any atom is 0.203 e. The Labute approximate surface area is 80.3 Å². The molecule has 1 fully saturated rings. The van der Waals surface area contributed by atoms with E-state index in [1.54, 1.807) is 0 Å². The number of hydrogen-bond donors (Lipinski definition) is 1. The molecule has 3 nitrogen and oxygen atoms in total. The van der Waals surface area contributed by atoms with Crippen molar-refractivity contribution in [3.63, 3.8) is 0 Å². The van der Waals surface area contributed by atoms with Gasteiger partial charge in [0.15, 0.2) is 0 Å². The maximum absolute atomic E-state index is 4.27. The summed E-state index contributed by atoms with van der Waals surface area (Å²) in [5, 5.41) is 3.38. The van der Waals surface area contributed by atoms with Crippen LogP contribution in [0.1, 0.15) is 19.8 Å². The number of halogens is 1. The molecule has 0 unspecified atom stereocenters. The number of rotatable bonds is 3. The molecule has 1 N–H and O–H groups in total. The summed E-state index contributed by atoms with van der Waals surface area (Å²) in [6, 6.07) is 0.671. The number of aromatic nitrogens is 2. The van der Waals surface area contributed by atoms with Crippen LogP contribution in [0.3, 0.4) is 0 Å². The minimum atomic E-state index is 0.671. The summed E-state index contributed by atoms with van der Waals surface area (Å²) in [5.41, 5.74) is 0. The Balaban J connectivity index is 2.16. The highest BCUT2D eigenvalue weighted by atomic mass is 79.9. The van der Waals surface area contributed by atoms with Gasteiger partial charge in [-0.3, -0.25) is 0 Å². The standard InChI is InChI=1S/C8H12BrN3/c1-2-12-7(9)5-10-8(12)11-6-3-4-6/h5-6H,2-4H2,1H3,(H,10,11). The fourth-order valence-electron chi connectivity index (χ4n) is 1.18. The van der Waals surface area contributed by atoms with Crippen molar-refractivity contribution in [2.75, 3.05) is 5.32 Å². The first kappa shape index (κ1) is 8.10. The lowest BCUT2D eigenvalue weighted by molar-refractivity contribution is 0.747. The summed E-state index contributed by atoms with van der Waals surface area (Å²) in [6.07, 6.45) is 4.41. The van der Waals surface area contributed by atoms with E-state index >= 15 is 0 Å². The smallest absolute Gasteiger partial charge is 0.203 e. The Hall–Kier alpha value is -0.510. The zero-order valence-corrected chi connectivity index (χ0v) is 8.63. The highest BCUT2D eigenvalue weighted by molar-refractivity contribution is 9.10. The zero-order chi connectivity index (χ0) is 8.55. The van der Waals surface area contributed by atoms with Gasteiger partial charge in [-0.2, -0.15) is 0 Å². The summed E-state index contributed by atoms with van der Waals surface area (Å²) in [4.78, 5) is 4.27. The summed E-state index contributed by atoms with van der Waals surface area (Å²) in [7, 11) is 0. The zero-order valence-electron chi connectivity index (χ0n) is 7.05. The molecule has 66 valence electrons. The van der Waals surface area contributed by atoms with Gasteiger partial charge in [-0.15, -0.1) is 0 Å². The van der Waals surface area contributed by atoms with E-state index in [2.05, 4.69) is 37.7 Å². The fraction of sp³-hybridized carbons (Fsp3) is 0.625. The van der Waals surface area contributed by atoms with Gasteiger partial charge in [0, 0.05) is 12.6 Å². The van der Waals surface area contributed by atoms with E-state index < -0.39 is 0 Å². The van der Waals surface area contributed by atoms with E-state index in [4.69, 9.17) is 0 Å². The Morgan fingerprint density at radius 1 is 1.75 bits per heavy atom. The lowest BCUT2D eigenvalue weighted by atomic mass is 10.6. The Morgan fingerprint density at radius 3 is 3.08 bits per heavy atom. The van der Waals surface area contributed by atoms with Gasteiger partial charge in [0.1, 0.15) is 4.60 Å². The molecule has 1 aliphatic carbocycles. The quantitative estimate of drug-likeness (QED) is 0.862. The van der Waals surface area contributed by atoms with E-state index in [1.807, 2.05) is 6.20 Å². The first-order valence-corrected chi connectivity index (χ1v) is 5.08. The number of anilines is 1. The van der Waals surface area contributed by atoms with E-state index in [1.165, 1.54) is 12.8 Å². The molecule has 1 heterocycles. The molecule has 1 aliphatic rings. The van der Waals surface area contributed by atoms with Crippen LogP contribution in [0.4, 0.5) is 5.95 Å². The molecule has 12 heavy (non-hydrogen) atoms. The number of imidazole rings is 1. The lowest BCUT2D eigenvalue weighted by Gasteiger charge is -2.06. The second-order valence-electron chi connectivity index (χ2n) is 3.07. The van der Waals surface area contributed by atoms with Crippen molar-refractivity contribution in [3.05, 3.63) is 10.8 Å². The number of nitrogens with zero attached hydrogens (tertiary/aromatic N) is 2. The number of nitrogens with one attached hydrogen (secondary N) is 1. The van der Waals surface area contributed by atoms with Crippen LogP contribution in [-0.4, -0.2) is 15.6 Å². The number of hydrogen-bond acceptors (Lipinski definition) is 2. The monoisotopic (exact) mass is 229 g/mol. The van der Waals surface area contributed by atoms with Gasteiger partial charge in [-0.05, 0) is 35.7 Å². The molecule has 1 aromatic rings. The summed E-state index contributed by atoms with van der Waals surface area (Å²) in [5.74, 6) is 0.992. The van der Waals surface area contributed by atoms with Crippen LogP contribution in [0.25, 0.3) is 0 Å². The minimum absolute atomic E-state index is 0.671. The molecule has 2 rings (SSSR count). The largest absolute Gasteiger partial charge is 0.353 e. The van der Waals surface area contributed by atoms with Gasteiger partial charge in [0.25, 0.3) is 0 Å². The average molecular weight is 230 g/mol. The van der Waals surface area contributed by atoms with Gasteiger partial charge in [0.05, 0.1) is 6.20 Å². The summed E-state index contributed by atoms with van der Waals surface area (Å²) >= 11 is 3.45. The molecular formula is C8H12BrN3. The van der Waals surface area contributed by atoms with Crippen LogP contribution in [0.15, 0.2) is 10.8 Å². The third-order valence-corrected chi connectivity index (χ3v) is 2.67. The summed E-state index contributed by atoms with van der Waals surface area (Å²) < 4.78 is 3.17. The molecule has 0 atom stereocenters. The van der Waals surface area contributed by atoms with Crippen molar-refractivity contribution in [2.24, 2.45) is 0 Å². The SMILES string of the molecule is CCn1c(Br)cnc1NC1CC1. The van der Waals surface area contributed by atoms with Crippen LogP contribution in [0, 0.1) is 0 Å². The Morgan fingerprint density at radius 2 is 2.50 bits per heavy atom. The average Bonchev–Trinajstić information content (AvgIpc) is 2.78. The lowest BCUT2D eigenvalue weighted by Crippen LogP contribution is -2.08. The Kier molecular flexibility index (Phi) is 2.09. The molecule has 0 aromatic carbocycles. The molecule has 4 heteroatoms. The van der Waals surface area contributed by atoms with Crippen LogP contribution in [-0.2, 0) is 6.54 Å². The predicted octanol–water partition coefficient (Wildman–Crippen LogP) is 2.24. The second-order valence-corrected chi connectivity index (χ2v) is 3.88. The molecule has 1 aromatic heterocycles. The van der Waals surface area contributed by atoms with Crippen LogP contribution < -0.4 is 5.32 Å². The van der Waals surface area contributed by atoms with Crippen molar-refractivity contribution in [3.8, 4) is 0 Å². The third-order valence-electron chi connectivity index (χ3n) is 2.03. The molecule has 0 spiro atoms. The van der Waals surface area contributed by atoms with Crippen molar-refractivity contribution in [1.82, 2.24) is 9.55 Å². The molecular weight excluding hydrogens is 218 g/mol. The summed E-state index contributed by atoms with van der Waals surface area (Å²) in [6.45, 7) is 3.07. The molecule has 0 aliphatic heterocycles. The third kappa shape index (κ3) is 1.48. The van der Waals surface area contributed by atoms with Gasteiger partial charge < -0.3 is 9.88 Å². The van der Waals surface area contributed by atoms with E-state index in [0.29, 0.717) is 6.04 Å². The molecule has 0 bridgehead atoms. The van der Waals surface area contributed by atoms with Crippen molar-refractivity contribution >= 4 is 21.9 Å². The normalized spacial score (nSPS) is 16.5. The van der Waals surface area contributed by atoms with E-state index in [0.717, 1.165) is 17.1 Å². The second kappa shape index (κ2) is 3.09. The highest BCUT2D eigenvalue weighted by Crippen LogP contribution is 2.25. The molecule has 0 saturated heterocycles. The maximum atomic E-state index is 4.27. The highest BCUT2D eigenvalue weighted by Gasteiger charge is 2.22. The van der Waals surface area contributed by atoms with Crippen LogP contribution in [0.5, 0.6) is 0 Å². The Bertz CT molecular complexity index is 278. The van der Waals surface area contributed by atoms with Gasteiger partial charge in [-0.25, -0.2) is 4.98 Å². The van der Waals surface area contributed by atoms with Crippen molar-refractivity contribution < 1.29 is 0 Å². The molecule has 0 amide bonds. The fourth-order valence-corrected chi connectivity index (χ4v) is 1.70. The topological polar surface area (TPSA) is 29.9 Å². The minimum Gasteiger partial charge on any atom is -0.353 e. The van der Waals surface area contributed by atoms with Crippen molar-refractivity contribution in [2.45, 2.75) is 32.4 Å². The molecule has 1 saturated carbocycles. The van der Waals surface area contributed by atoms with Gasteiger partial charge >= 0.3 is 0 Å². The van der Waals surface area contributed by atoms with Crippen molar-refractivity contribution in [1.29, 1.82) is 0 Å². The first-order chi connectivity index (χ1) is 5.81. The van der Waals surface area contributed by atoms with E-state index in [-0.39, 0.29) is 0 Å². The molecule has 0 radical (unpaired) electrons. The van der Waals surface area contributed by atoms with Crippen LogP contribution >= 0.6 is 15.9 Å². The predicted molar refractivity (Wildman–Crippen MR) is 52.2 cm³/mol. The first-order valence-electron chi connectivity index (χ1n) is 4.29. The van der Waals surface area contributed by atoms with Gasteiger partial charge in [-0.1, -0.05) is 0 Å². The van der Waals surface area contributed by atoms with Gasteiger partial charge in [0.2, 0.25) is 5.95 Å². The van der Waals surface area contributed by atoms with Crippen LogP contribution in [0.2, 0.25) is 0 Å².